The Labute approximate surface area is 85.8 Å². The van der Waals surface area contributed by atoms with E-state index in [1.165, 1.54) is 0 Å². The van der Waals surface area contributed by atoms with E-state index in [0.717, 1.165) is 6.42 Å². The summed E-state index contributed by atoms with van der Waals surface area (Å²) in [6.45, 7) is 4.57. The summed E-state index contributed by atoms with van der Waals surface area (Å²) in [4.78, 5) is 0. The lowest BCUT2D eigenvalue weighted by Crippen LogP contribution is -2.32. The molecule has 4 heteroatoms. The monoisotopic (exact) mass is 206 g/mol. The fraction of sp³-hybridized carbons (Fsp3) is 1.00. The smallest absolute Gasteiger partial charge is 0.146 e. The summed E-state index contributed by atoms with van der Waals surface area (Å²) < 4.78 is 9.87. The van der Waals surface area contributed by atoms with Crippen LogP contribution in [-0.2, 0) is 9.47 Å². The van der Waals surface area contributed by atoms with Gasteiger partial charge in [-0.1, -0.05) is 13.8 Å². The average molecular weight is 206 g/mol. The molecule has 0 aromatic carbocycles. The van der Waals surface area contributed by atoms with Crippen molar-refractivity contribution in [2.24, 2.45) is 11.8 Å². The van der Waals surface area contributed by atoms with Gasteiger partial charge in [-0.05, 0) is 6.42 Å². The lowest BCUT2D eigenvalue weighted by atomic mass is 9.91. The van der Waals surface area contributed by atoms with Gasteiger partial charge in [-0.25, -0.2) is 0 Å². The summed E-state index contributed by atoms with van der Waals surface area (Å²) in [6.07, 6.45) is 0.258. The van der Waals surface area contributed by atoms with Gasteiger partial charge in [-0.3, -0.25) is 0 Å². The largest absolute Gasteiger partial charge is 0.396 e. The number of ether oxygens (including phenoxy) is 2. The van der Waals surface area contributed by atoms with E-state index in [0.29, 0.717) is 6.61 Å². The zero-order valence-electron chi connectivity index (χ0n) is 9.27. The zero-order valence-corrected chi connectivity index (χ0v) is 9.27. The molecule has 0 saturated carbocycles. The first kappa shape index (κ1) is 13.8. The van der Waals surface area contributed by atoms with Crippen LogP contribution >= 0.6 is 0 Å². The first-order valence-corrected chi connectivity index (χ1v) is 5.02. The van der Waals surface area contributed by atoms with Gasteiger partial charge in [0.2, 0.25) is 0 Å². The molecule has 86 valence electrons. The molecular formula is C10H22O4. The van der Waals surface area contributed by atoms with Gasteiger partial charge in [0.05, 0.1) is 12.7 Å². The minimum atomic E-state index is -0.512. The van der Waals surface area contributed by atoms with Crippen molar-refractivity contribution in [3.05, 3.63) is 0 Å². The van der Waals surface area contributed by atoms with E-state index < -0.39 is 6.10 Å². The SMILES string of the molecule is CC[C@@H](CO)[C@H](O)[C@H](C)COCOC. The molecule has 0 heterocycles. The lowest BCUT2D eigenvalue weighted by Gasteiger charge is -2.25. The van der Waals surface area contributed by atoms with Crippen molar-refractivity contribution in [2.75, 3.05) is 27.1 Å². The molecule has 4 nitrogen and oxygen atoms in total. The van der Waals surface area contributed by atoms with E-state index >= 15 is 0 Å². The summed E-state index contributed by atoms with van der Waals surface area (Å²) in [5.74, 6) is -0.0432. The molecule has 0 unspecified atom stereocenters. The van der Waals surface area contributed by atoms with Gasteiger partial charge in [0.15, 0.2) is 0 Å². The summed E-state index contributed by atoms with van der Waals surface area (Å²) in [5.41, 5.74) is 0. The molecule has 0 spiro atoms. The highest BCUT2D eigenvalue weighted by molar-refractivity contribution is 4.72. The molecule has 2 N–H and O–H groups in total. The highest BCUT2D eigenvalue weighted by Crippen LogP contribution is 2.16. The Morgan fingerprint density at radius 1 is 1.36 bits per heavy atom. The van der Waals surface area contributed by atoms with Gasteiger partial charge in [0, 0.05) is 25.6 Å². The Bertz CT molecular complexity index is 125. The molecular weight excluding hydrogens is 184 g/mol. The van der Waals surface area contributed by atoms with E-state index in [1.54, 1.807) is 7.11 Å². The second-order valence-corrected chi connectivity index (χ2v) is 3.60. The number of hydrogen-bond donors (Lipinski definition) is 2. The fourth-order valence-corrected chi connectivity index (χ4v) is 1.36. The number of hydrogen-bond acceptors (Lipinski definition) is 4. The topological polar surface area (TPSA) is 58.9 Å². The van der Waals surface area contributed by atoms with E-state index in [-0.39, 0.29) is 25.2 Å². The van der Waals surface area contributed by atoms with Crippen LogP contribution < -0.4 is 0 Å². The number of methoxy groups -OCH3 is 1. The second-order valence-electron chi connectivity index (χ2n) is 3.60. The molecule has 0 amide bonds. The molecule has 0 rings (SSSR count). The molecule has 0 radical (unpaired) electrons. The van der Waals surface area contributed by atoms with Crippen molar-refractivity contribution in [3.63, 3.8) is 0 Å². The maximum absolute atomic E-state index is 9.80. The summed E-state index contributed by atoms with van der Waals surface area (Å²) in [5, 5.41) is 18.8. The van der Waals surface area contributed by atoms with Crippen molar-refractivity contribution in [2.45, 2.75) is 26.4 Å². The second kappa shape index (κ2) is 8.17. The Hall–Kier alpha value is -0.160. The molecule has 0 fully saturated rings. The summed E-state index contributed by atoms with van der Waals surface area (Å²) in [6, 6.07) is 0. The number of aliphatic hydroxyl groups excluding tert-OH is 2. The third-order valence-electron chi connectivity index (χ3n) is 2.41. The third kappa shape index (κ3) is 4.91. The number of aliphatic hydroxyl groups is 2. The Morgan fingerprint density at radius 3 is 2.43 bits per heavy atom. The quantitative estimate of drug-likeness (QED) is 0.451. The fourth-order valence-electron chi connectivity index (χ4n) is 1.36. The van der Waals surface area contributed by atoms with E-state index in [9.17, 15) is 5.11 Å². The van der Waals surface area contributed by atoms with Gasteiger partial charge in [0.25, 0.3) is 0 Å². The van der Waals surface area contributed by atoms with E-state index in [2.05, 4.69) is 0 Å². The van der Waals surface area contributed by atoms with Crippen LogP contribution in [0, 0.1) is 11.8 Å². The minimum Gasteiger partial charge on any atom is -0.396 e. The van der Waals surface area contributed by atoms with Crippen LogP contribution in [0.3, 0.4) is 0 Å². The third-order valence-corrected chi connectivity index (χ3v) is 2.41. The van der Waals surface area contributed by atoms with Crippen LogP contribution in [-0.4, -0.2) is 43.4 Å². The van der Waals surface area contributed by atoms with Crippen molar-refractivity contribution in [1.82, 2.24) is 0 Å². The predicted octanol–water partition coefficient (Wildman–Crippen LogP) is 0.622. The van der Waals surface area contributed by atoms with Crippen molar-refractivity contribution in [1.29, 1.82) is 0 Å². The first-order chi connectivity index (χ1) is 6.67. The highest BCUT2D eigenvalue weighted by Gasteiger charge is 2.22. The van der Waals surface area contributed by atoms with E-state index in [4.69, 9.17) is 14.6 Å². The summed E-state index contributed by atoms with van der Waals surface area (Å²) >= 11 is 0. The molecule has 3 atom stereocenters. The molecule has 0 aliphatic carbocycles. The lowest BCUT2D eigenvalue weighted by molar-refractivity contribution is -0.0690. The van der Waals surface area contributed by atoms with Crippen molar-refractivity contribution in [3.8, 4) is 0 Å². The van der Waals surface area contributed by atoms with Crippen molar-refractivity contribution >= 4 is 0 Å². The maximum atomic E-state index is 9.80. The van der Waals surface area contributed by atoms with Crippen LogP contribution in [0.1, 0.15) is 20.3 Å². The Balaban J connectivity index is 3.78. The molecule has 0 aliphatic heterocycles. The number of rotatable bonds is 8. The maximum Gasteiger partial charge on any atom is 0.146 e. The average Bonchev–Trinajstić information content (AvgIpc) is 2.19. The standard InChI is InChI=1S/C10H22O4/c1-4-9(5-11)10(12)8(2)6-14-7-13-3/h8-12H,4-7H2,1-3H3/t8-,9+,10-/m1/s1. The summed E-state index contributed by atoms with van der Waals surface area (Å²) in [7, 11) is 1.56. The van der Waals surface area contributed by atoms with Gasteiger partial charge in [-0.15, -0.1) is 0 Å². The Kier molecular flexibility index (Phi) is 8.08. The zero-order chi connectivity index (χ0) is 11.0. The van der Waals surface area contributed by atoms with Crippen LogP contribution in [0.4, 0.5) is 0 Å². The first-order valence-electron chi connectivity index (χ1n) is 5.02. The normalized spacial score (nSPS) is 17.8. The molecule has 0 bridgehead atoms. The van der Waals surface area contributed by atoms with Gasteiger partial charge in [0.1, 0.15) is 6.79 Å². The molecule has 0 aromatic heterocycles. The van der Waals surface area contributed by atoms with Crippen LogP contribution in [0.5, 0.6) is 0 Å². The predicted molar refractivity (Wildman–Crippen MR) is 53.9 cm³/mol. The molecule has 14 heavy (non-hydrogen) atoms. The molecule has 0 aliphatic rings. The van der Waals surface area contributed by atoms with E-state index in [1.807, 2.05) is 13.8 Å². The van der Waals surface area contributed by atoms with Crippen LogP contribution in [0.25, 0.3) is 0 Å². The van der Waals surface area contributed by atoms with Gasteiger partial charge in [-0.2, -0.15) is 0 Å². The minimum absolute atomic E-state index is 0.0160. The van der Waals surface area contributed by atoms with Crippen molar-refractivity contribution < 1.29 is 19.7 Å². The highest BCUT2D eigenvalue weighted by atomic mass is 16.7. The molecule has 0 saturated heterocycles. The van der Waals surface area contributed by atoms with Gasteiger partial charge >= 0.3 is 0 Å². The Morgan fingerprint density at radius 2 is 2.00 bits per heavy atom. The van der Waals surface area contributed by atoms with Gasteiger partial charge < -0.3 is 19.7 Å². The molecule has 0 aromatic rings. The van der Waals surface area contributed by atoms with Crippen LogP contribution in [0.2, 0.25) is 0 Å². The van der Waals surface area contributed by atoms with Crippen LogP contribution in [0.15, 0.2) is 0 Å².